The minimum Gasteiger partial charge on any atom is -0.301 e. The van der Waals surface area contributed by atoms with Crippen LogP contribution in [0.3, 0.4) is 0 Å². The van der Waals surface area contributed by atoms with E-state index in [4.69, 9.17) is 5.10 Å². The predicted molar refractivity (Wildman–Crippen MR) is 79.2 cm³/mol. The predicted octanol–water partition coefficient (Wildman–Crippen LogP) is 2.48. The molecule has 3 heterocycles. The third-order valence-electron chi connectivity index (χ3n) is 4.54. The zero-order chi connectivity index (χ0) is 13.5. The van der Waals surface area contributed by atoms with Gasteiger partial charge in [-0.25, -0.2) is 0 Å². The van der Waals surface area contributed by atoms with Crippen molar-refractivity contribution in [1.29, 1.82) is 0 Å². The van der Waals surface area contributed by atoms with Crippen LogP contribution in [0.25, 0.3) is 4.96 Å². The van der Waals surface area contributed by atoms with E-state index in [0.717, 1.165) is 17.2 Å². The molecule has 0 radical (unpaired) electrons. The first kappa shape index (κ1) is 12.7. The highest BCUT2D eigenvalue weighted by molar-refractivity contribution is 7.16. The summed E-state index contributed by atoms with van der Waals surface area (Å²) in [4.78, 5) is 3.58. The summed E-state index contributed by atoms with van der Waals surface area (Å²) in [7, 11) is 0. The first-order valence-corrected chi connectivity index (χ1v) is 8.58. The van der Waals surface area contributed by atoms with Gasteiger partial charge >= 0.3 is 0 Å². The van der Waals surface area contributed by atoms with Crippen LogP contribution >= 0.6 is 11.3 Å². The van der Waals surface area contributed by atoms with E-state index in [1.165, 1.54) is 50.2 Å². The van der Waals surface area contributed by atoms with Crippen molar-refractivity contribution in [2.24, 2.45) is 0 Å². The highest BCUT2D eigenvalue weighted by Gasteiger charge is 2.30. The van der Waals surface area contributed by atoms with E-state index in [0.29, 0.717) is 12.0 Å². The van der Waals surface area contributed by atoms with E-state index < -0.39 is 0 Å². The van der Waals surface area contributed by atoms with Crippen LogP contribution in [0.1, 0.15) is 55.8 Å². The number of hydrogen-bond donors (Lipinski definition) is 0. The van der Waals surface area contributed by atoms with Crippen LogP contribution in [0.5, 0.6) is 0 Å². The number of nitrogens with zero attached hydrogens (tertiary/aromatic N) is 5. The van der Waals surface area contributed by atoms with Crippen molar-refractivity contribution in [3.63, 3.8) is 0 Å². The molecule has 2 fully saturated rings. The highest BCUT2D eigenvalue weighted by atomic mass is 32.1. The minimum atomic E-state index is 0.614. The number of aryl methyl sites for hydroxylation is 1. The summed E-state index contributed by atoms with van der Waals surface area (Å²) in [5, 5.41) is 14.5. The molecular weight excluding hydrogens is 270 g/mol. The van der Waals surface area contributed by atoms with E-state index in [-0.39, 0.29) is 0 Å². The zero-order valence-corrected chi connectivity index (χ0v) is 12.8. The topological polar surface area (TPSA) is 46.3 Å². The van der Waals surface area contributed by atoms with Gasteiger partial charge in [0.05, 0.1) is 0 Å². The Morgan fingerprint density at radius 2 is 2.05 bits per heavy atom. The van der Waals surface area contributed by atoms with Crippen molar-refractivity contribution in [2.45, 2.75) is 57.4 Å². The van der Waals surface area contributed by atoms with Crippen molar-refractivity contribution >= 4 is 16.3 Å². The van der Waals surface area contributed by atoms with Crippen molar-refractivity contribution in [3.8, 4) is 0 Å². The van der Waals surface area contributed by atoms with E-state index in [9.17, 15) is 0 Å². The van der Waals surface area contributed by atoms with E-state index in [1.807, 2.05) is 4.52 Å². The molecule has 0 N–H and O–H groups in total. The molecule has 2 aromatic rings. The van der Waals surface area contributed by atoms with Gasteiger partial charge in [-0.3, -0.25) is 0 Å². The van der Waals surface area contributed by atoms with E-state index in [2.05, 4.69) is 22.0 Å². The molecule has 2 aliphatic rings. The molecular formula is C14H21N5S. The number of rotatable bonds is 5. The lowest BCUT2D eigenvalue weighted by Crippen LogP contribution is -2.30. The van der Waals surface area contributed by atoms with Crippen LogP contribution in [0.4, 0.5) is 0 Å². The van der Waals surface area contributed by atoms with Crippen LogP contribution < -0.4 is 0 Å². The van der Waals surface area contributed by atoms with Gasteiger partial charge in [0.2, 0.25) is 4.96 Å². The monoisotopic (exact) mass is 291 g/mol. The molecule has 0 unspecified atom stereocenters. The summed E-state index contributed by atoms with van der Waals surface area (Å²) in [5.74, 6) is 1.69. The summed E-state index contributed by atoms with van der Waals surface area (Å²) in [6.45, 7) is 4.90. The Morgan fingerprint density at radius 1 is 1.25 bits per heavy atom. The Balaban J connectivity index is 1.43. The molecule has 0 aromatic carbocycles. The molecule has 20 heavy (non-hydrogen) atoms. The van der Waals surface area contributed by atoms with Gasteiger partial charge in [-0.2, -0.15) is 9.61 Å². The van der Waals surface area contributed by atoms with Gasteiger partial charge in [0.15, 0.2) is 5.82 Å². The van der Waals surface area contributed by atoms with Crippen LogP contribution in [0, 0.1) is 0 Å². The molecule has 5 nitrogen and oxygen atoms in total. The minimum absolute atomic E-state index is 0.614. The molecule has 0 amide bonds. The summed E-state index contributed by atoms with van der Waals surface area (Å²) in [6.07, 6.45) is 7.50. The largest absolute Gasteiger partial charge is 0.301 e. The molecule has 2 aromatic heterocycles. The van der Waals surface area contributed by atoms with Crippen molar-refractivity contribution in [1.82, 2.24) is 24.7 Å². The molecule has 0 spiro atoms. The van der Waals surface area contributed by atoms with E-state index in [1.54, 1.807) is 11.3 Å². The van der Waals surface area contributed by atoms with Crippen molar-refractivity contribution in [3.05, 3.63) is 10.8 Å². The summed E-state index contributed by atoms with van der Waals surface area (Å²) in [6, 6.07) is 0.676. The Labute approximate surface area is 123 Å². The second-order valence-corrected chi connectivity index (χ2v) is 7.19. The molecule has 1 atom stereocenters. The standard InChI is InChI=1S/C14H21N5S/c1-10(18-8-2-3-9-18)4-7-12-17-19-13(11-5-6-11)15-16-14(19)20-12/h10-11H,2-9H2,1H3/t10-/m0/s1. The van der Waals surface area contributed by atoms with Gasteiger partial charge in [0, 0.05) is 18.4 Å². The third-order valence-corrected chi connectivity index (χ3v) is 5.50. The second-order valence-electron chi connectivity index (χ2n) is 6.15. The van der Waals surface area contributed by atoms with Crippen LogP contribution in [0.15, 0.2) is 0 Å². The number of aromatic nitrogens is 4. The normalized spacial score (nSPS) is 21.9. The molecule has 4 rings (SSSR count). The van der Waals surface area contributed by atoms with Gasteiger partial charge < -0.3 is 4.90 Å². The molecule has 108 valence electrons. The number of likely N-dealkylation sites (tertiary alicyclic amines) is 1. The van der Waals surface area contributed by atoms with Crippen molar-refractivity contribution in [2.75, 3.05) is 13.1 Å². The Hall–Kier alpha value is -1.01. The molecule has 0 bridgehead atoms. The Kier molecular flexibility index (Phi) is 3.22. The first-order valence-electron chi connectivity index (χ1n) is 7.76. The maximum atomic E-state index is 4.72. The quantitative estimate of drug-likeness (QED) is 0.849. The van der Waals surface area contributed by atoms with Crippen LogP contribution in [-0.2, 0) is 6.42 Å². The number of hydrogen-bond acceptors (Lipinski definition) is 5. The van der Waals surface area contributed by atoms with Gasteiger partial charge in [0.1, 0.15) is 5.01 Å². The molecule has 1 aliphatic carbocycles. The molecule has 1 saturated heterocycles. The fourth-order valence-electron chi connectivity index (χ4n) is 3.07. The van der Waals surface area contributed by atoms with Crippen LogP contribution in [-0.4, -0.2) is 43.8 Å². The maximum absolute atomic E-state index is 4.72. The van der Waals surface area contributed by atoms with E-state index >= 15 is 0 Å². The second kappa shape index (κ2) is 5.07. The zero-order valence-electron chi connectivity index (χ0n) is 12.0. The maximum Gasteiger partial charge on any atom is 0.234 e. The lowest BCUT2D eigenvalue weighted by Gasteiger charge is -2.22. The van der Waals surface area contributed by atoms with Gasteiger partial charge in [0.25, 0.3) is 0 Å². The molecule has 1 saturated carbocycles. The fourth-order valence-corrected chi connectivity index (χ4v) is 3.92. The van der Waals surface area contributed by atoms with Crippen molar-refractivity contribution < 1.29 is 0 Å². The Morgan fingerprint density at radius 3 is 2.80 bits per heavy atom. The average molecular weight is 291 g/mol. The first-order chi connectivity index (χ1) is 9.81. The van der Waals surface area contributed by atoms with Gasteiger partial charge in [-0.1, -0.05) is 11.3 Å². The fraction of sp³-hybridized carbons (Fsp3) is 0.786. The van der Waals surface area contributed by atoms with Crippen LogP contribution in [0.2, 0.25) is 0 Å². The summed E-state index contributed by atoms with van der Waals surface area (Å²) < 4.78 is 1.98. The molecule has 1 aliphatic heterocycles. The summed E-state index contributed by atoms with van der Waals surface area (Å²) in [5.41, 5.74) is 0. The van der Waals surface area contributed by atoms with Gasteiger partial charge in [-0.15, -0.1) is 10.2 Å². The average Bonchev–Trinajstić information content (AvgIpc) is 2.91. The molecule has 6 heteroatoms. The highest BCUT2D eigenvalue weighted by Crippen LogP contribution is 2.39. The lowest BCUT2D eigenvalue weighted by atomic mass is 10.1. The summed E-state index contributed by atoms with van der Waals surface area (Å²) >= 11 is 1.71. The SMILES string of the molecule is C[C@@H](CCc1nn2c(C3CC3)nnc2s1)N1CCCC1. The Bertz CT molecular complexity index is 594. The van der Waals surface area contributed by atoms with Gasteiger partial charge in [-0.05, 0) is 52.1 Å². The lowest BCUT2D eigenvalue weighted by molar-refractivity contribution is 0.247. The smallest absolute Gasteiger partial charge is 0.234 e. The number of fused-ring (bicyclic) bond motifs is 1. The third kappa shape index (κ3) is 2.35.